The number of hydrogen-bond donors (Lipinski definition) is 1. The molecule has 0 aromatic carbocycles. The fraction of sp³-hybridized carbons (Fsp3) is 0.583. The maximum Gasteiger partial charge on any atom is 0.129 e. The predicted molar refractivity (Wildman–Crippen MR) is 66.6 cm³/mol. The summed E-state index contributed by atoms with van der Waals surface area (Å²) in [5.74, 6) is 0. The van der Waals surface area contributed by atoms with Gasteiger partial charge in [0.1, 0.15) is 5.15 Å². The number of rotatable bonds is 2. The monoisotopic (exact) mass is 239 g/mol. The number of aromatic nitrogens is 1. The summed E-state index contributed by atoms with van der Waals surface area (Å²) in [5, 5.41) is 4.01. The largest absolute Gasteiger partial charge is 0.314 e. The number of halogens is 1. The molecule has 2 atom stereocenters. The maximum absolute atomic E-state index is 5.89. The molecule has 0 saturated carbocycles. The van der Waals surface area contributed by atoms with Crippen LogP contribution in [0, 0.1) is 0 Å². The lowest BCUT2D eigenvalue weighted by Crippen LogP contribution is -2.54. The van der Waals surface area contributed by atoms with Gasteiger partial charge in [-0.3, -0.25) is 4.90 Å². The summed E-state index contributed by atoms with van der Waals surface area (Å²) in [6.45, 7) is 7.58. The Balaban J connectivity index is 2.07. The highest BCUT2D eigenvalue weighted by molar-refractivity contribution is 6.29. The summed E-state index contributed by atoms with van der Waals surface area (Å²) < 4.78 is 0. The van der Waals surface area contributed by atoms with Gasteiger partial charge >= 0.3 is 0 Å². The lowest BCUT2D eigenvalue weighted by molar-refractivity contribution is 0.109. The van der Waals surface area contributed by atoms with E-state index in [0.29, 0.717) is 17.2 Å². The van der Waals surface area contributed by atoms with E-state index in [1.54, 1.807) is 6.20 Å². The molecule has 0 aliphatic carbocycles. The molecular weight excluding hydrogens is 222 g/mol. The summed E-state index contributed by atoms with van der Waals surface area (Å²) >= 11 is 5.89. The van der Waals surface area contributed by atoms with Gasteiger partial charge in [0.2, 0.25) is 0 Å². The van der Waals surface area contributed by atoms with Gasteiger partial charge in [-0.05, 0) is 31.5 Å². The second kappa shape index (κ2) is 5.13. The molecule has 1 saturated heterocycles. The maximum atomic E-state index is 5.89. The van der Waals surface area contributed by atoms with Crippen molar-refractivity contribution in [2.45, 2.75) is 32.5 Å². The number of piperazine rings is 1. The molecule has 1 aromatic heterocycles. The van der Waals surface area contributed by atoms with E-state index in [4.69, 9.17) is 11.6 Å². The van der Waals surface area contributed by atoms with Gasteiger partial charge in [0.15, 0.2) is 0 Å². The molecule has 1 aromatic rings. The van der Waals surface area contributed by atoms with Crippen molar-refractivity contribution in [3.8, 4) is 0 Å². The molecule has 0 amide bonds. The minimum Gasteiger partial charge on any atom is -0.314 e. The van der Waals surface area contributed by atoms with Crippen molar-refractivity contribution >= 4 is 11.6 Å². The van der Waals surface area contributed by atoms with Crippen LogP contribution in [-0.2, 0) is 6.54 Å². The summed E-state index contributed by atoms with van der Waals surface area (Å²) in [6, 6.07) is 5.11. The summed E-state index contributed by atoms with van der Waals surface area (Å²) in [7, 11) is 0. The van der Waals surface area contributed by atoms with Gasteiger partial charge in [0, 0.05) is 37.9 Å². The lowest BCUT2D eigenvalue weighted by Gasteiger charge is -2.39. The van der Waals surface area contributed by atoms with Gasteiger partial charge in [-0.1, -0.05) is 11.6 Å². The molecule has 0 bridgehead atoms. The van der Waals surface area contributed by atoms with E-state index in [-0.39, 0.29) is 0 Å². The standard InChI is InChI=1S/C12H18ClN3/c1-9-6-14-7-10(2)16(9)8-11-3-4-15-12(13)5-11/h3-5,9-10,14H,6-8H2,1-2H3. The van der Waals surface area contributed by atoms with Crippen LogP contribution in [-0.4, -0.2) is 35.1 Å². The van der Waals surface area contributed by atoms with Gasteiger partial charge in [-0.15, -0.1) is 0 Å². The smallest absolute Gasteiger partial charge is 0.129 e. The Morgan fingerprint density at radius 3 is 2.75 bits per heavy atom. The van der Waals surface area contributed by atoms with E-state index in [1.165, 1.54) is 5.56 Å². The third kappa shape index (κ3) is 2.73. The molecule has 2 heterocycles. The molecule has 1 aliphatic heterocycles. The third-order valence-electron chi connectivity index (χ3n) is 3.17. The van der Waals surface area contributed by atoms with Crippen molar-refractivity contribution in [2.75, 3.05) is 13.1 Å². The Morgan fingerprint density at radius 2 is 2.12 bits per heavy atom. The Labute approximate surface area is 102 Å². The van der Waals surface area contributed by atoms with Crippen LogP contribution in [0.3, 0.4) is 0 Å². The SMILES string of the molecule is CC1CNCC(C)N1Cc1ccnc(Cl)c1. The second-order valence-electron chi connectivity index (χ2n) is 4.52. The van der Waals surface area contributed by atoms with Crippen molar-refractivity contribution in [2.24, 2.45) is 0 Å². The van der Waals surface area contributed by atoms with Gasteiger partial charge in [0.25, 0.3) is 0 Å². The molecule has 16 heavy (non-hydrogen) atoms. The minimum atomic E-state index is 0.565. The van der Waals surface area contributed by atoms with E-state index in [9.17, 15) is 0 Å². The van der Waals surface area contributed by atoms with E-state index >= 15 is 0 Å². The van der Waals surface area contributed by atoms with Crippen molar-refractivity contribution in [3.05, 3.63) is 29.0 Å². The van der Waals surface area contributed by atoms with Crippen LogP contribution in [0.15, 0.2) is 18.3 Å². The number of nitrogens with zero attached hydrogens (tertiary/aromatic N) is 2. The van der Waals surface area contributed by atoms with E-state index in [1.807, 2.05) is 12.1 Å². The molecule has 2 unspecified atom stereocenters. The van der Waals surface area contributed by atoms with Gasteiger partial charge in [-0.2, -0.15) is 0 Å². The quantitative estimate of drug-likeness (QED) is 0.800. The van der Waals surface area contributed by atoms with Gasteiger partial charge < -0.3 is 5.32 Å². The van der Waals surface area contributed by atoms with E-state index in [2.05, 4.69) is 29.0 Å². The topological polar surface area (TPSA) is 28.2 Å². The number of nitrogens with one attached hydrogen (secondary N) is 1. The first-order valence-electron chi connectivity index (χ1n) is 5.73. The fourth-order valence-corrected chi connectivity index (χ4v) is 2.43. The molecule has 1 aliphatic rings. The fourth-order valence-electron chi connectivity index (χ4n) is 2.23. The van der Waals surface area contributed by atoms with Crippen molar-refractivity contribution < 1.29 is 0 Å². The van der Waals surface area contributed by atoms with Crippen molar-refractivity contribution in [1.82, 2.24) is 15.2 Å². The molecule has 0 spiro atoms. The highest BCUT2D eigenvalue weighted by atomic mass is 35.5. The predicted octanol–water partition coefficient (Wildman–Crippen LogP) is 1.92. The first kappa shape index (κ1) is 11.8. The van der Waals surface area contributed by atoms with Crippen molar-refractivity contribution in [3.63, 3.8) is 0 Å². The van der Waals surface area contributed by atoms with Crippen LogP contribution in [0.2, 0.25) is 5.15 Å². The molecule has 0 radical (unpaired) electrons. The molecule has 3 nitrogen and oxygen atoms in total. The van der Waals surface area contributed by atoms with E-state index in [0.717, 1.165) is 19.6 Å². The molecule has 1 N–H and O–H groups in total. The molecule has 88 valence electrons. The Kier molecular flexibility index (Phi) is 3.79. The number of pyridine rings is 1. The highest BCUT2D eigenvalue weighted by Crippen LogP contribution is 2.16. The van der Waals surface area contributed by atoms with Crippen LogP contribution in [0.5, 0.6) is 0 Å². The molecule has 2 rings (SSSR count). The second-order valence-corrected chi connectivity index (χ2v) is 4.90. The van der Waals surface area contributed by atoms with Crippen LogP contribution < -0.4 is 5.32 Å². The highest BCUT2D eigenvalue weighted by Gasteiger charge is 2.24. The zero-order valence-corrected chi connectivity index (χ0v) is 10.5. The van der Waals surface area contributed by atoms with Crippen LogP contribution in [0.25, 0.3) is 0 Å². The van der Waals surface area contributed by atoms with Crippen molar-refractivity contribution in [1.29, 1.82) is 0 Å². The Morgan fingerprint density at radius 1 is 1.44 bits per heavy atom. The Hall–Kier alpha value is -0.640. The first-order valence-corrected chi connectivity index (χ1v) is 6.11. The van der Waals surface area contributed by atoms with Crippen LogP contribution in [0.1, 0.15) is 19.4 Å². The average Bonchev–Trinajstić information content (AvgIpc) is 2.24. The zero-order chi connectivity index (χ0) is 11.5. The van der Waals surface area contributed by atoms with E-state index < -0.39 is 0 Å². The summed E-state index contributed by atoms with van der Waals surface area (Å²) in [6.07, 6.45) is 1.77. The molecular formula is C12H18ClN3. The lowest BCUT2D eigenvalue weighted by atomic mass is 10.1. The zero-order valence-electron chi connectivity index (χ0n) is 9.78. The summed E-state index contributed by atoms with van der Waals surface area (Å²) in [4.78, 5) is 6.51. The van der Waals surface area contributed by atoms with Gasteiger partial charge in [0.05, 0.1) is 0 Å². The summed E-state index contributed by atoms with van der Waals surface area (Å²) in [5.41, 5.74) is 1.24. The normalized spacial score (nSPS) is 26.9. The van der Waals surface area contributed by atoms with Crippen LogP contribution in [0.4, 0.5) is 0 Å². The number of hydrogen-bond acceptors (Lipinski definition) is 3. The van der Waals surface area contributed by atoms with Gasteiger partial charge in [-0.25, -0.2) is 4.98 Å². The first-order chi connectivity index (χ1) is 7.66. The Bertz CT molecular complexity index is 346. The third-order valence-corrected chi connectivity index (χ3v) is 3.37. The average molecular weight is 240 g/mol. The minimum absolute atomic E-state index is 0.565. The van der Waals surface area contributed by atoms with Crippen LogP contribution >= 0.6 is 11.6 Å². The molecule has 1 fully saturated rings. The molecule has 4 heteroatoms.